The molecule has 5 aliphatic rings. The zero-order valence-electron chi connectivity index (χ0n) is 16.6. The third-order valence-electron chi connectivity index (χ3n) is 7.76. The second-order valence-electron chi connectivity index (χ2n) is 8.95. The van der Waals surface area contributed by atoms with Crippen LogP contribution < -0.4 is 5.32 Å². The van der Waals surface area contributed by atoms with Crippen LogP contribution in [-0.2, 0) is 4.74 Å². The van der Waals surface area contributed by atoms with Crippen LogP contribution >= 0.6 is 35.7 Å². The number of guanidine groups is 1. The smallest absolute Gasteiger partial charge is 0.193 e. The lowest BCUT2D eigenvalue weighted by Crippen LogP contribution is -2.58. The Balaban J connectivity index is 0.00000180. The molecule has 4 saturated heterocycles. The van der Waals surface area contributed by atoms with Gasteiger partial charge in [-0.25, -0.2) is 0 Å². The fourth-order valence-electron chi connectivity index (χ4n) is 6.38. The van der Waals surface area contributed by atoms with Crippen molar-refractivity contribution in [2.45, 2.75) is 56.3 Å². The molecule has 1 aliphatic carbocycles. The molecule has 4 aliphatic heterocycles. The van der Waals surface area contributed by atoms with E-state index >= 15 is 0 Å². The summed E-state index contributed by atoms with van der Waals surface area (Å²) in [7, 11) is 1.96. The molecule has 0 aromatic rings. The van der Waals surface area contributed by atoms with Gasteiger partial charge in [-0.2, -0.15) is 11.8 Å². The first-order valence-corrected chi connectivity index (χ1v) is 11.9. The van der Waals surface area contributed by atoms with Crippen LogP contribution in [0, 0.1) is 11.8 Å². The molecule has 0 radical (unpaired) electrons. The van der Waals surface area contributed by atoms with Gasteiger partial charge in [0.1, 0.15) is 0 Å². The molecule has 4 unspecified atom stereocenters. The quantitative estimate of drug-likeness (QED) is 0.362. The van der Waals surface area contributed by atoms with Gasteiger partial charge in [0.15, 0.2) is 5.96 Å². The predicted molar refractivity (Wildman–Crippen MR) is 123 cm³/mol. The van der Waals surface area contributed by atoms with Crippen LogP contribution in [0.3, 0.4) is 0 Å². The number of ether oxygens (including phenoxy) is 1. The van der Waals surface area contributed by atoms with Crippen molar-refractivity contribution >= 4 is 41.7 Å². The first-order chi connectivity index (χ1) is 12.8. The Bertz CT molecular complexity index is 532. The molecule has 5 fully saturated rings. The van der Waals surface area contributed by atoms with Gasteiger partial charge >= 0.3 is 0 Å². The number of thioether (sulfide) groups is 1. The summed E-state index contributed by atoms with van der Waals surface area (Å²) in [6, 6.07) is 0. The summed E-state index contributed by atoms with van der Waals surface area (Å²) in [4.78, 5) is 9.99. The molecular formula is C20H35IN4OS. The summed E-state index contributed by atoms with van der Waals surface area (Å²) in [5, 5.41) is 3.82. The van der Waals surface area contributed by atoms with Crippen LogP contribution in [0.5, 0.6) is 0 Å². The van der Waals surface area contributed by atoms with Crippen molar-refractivity contribution in [3.8, 4) is 0 Å². The zero-order chi connectivity index (χ0) is 17.6. The van der Waals surface area contributed by atoms with Gasteiger partial charge in [0.05, 0.1) is 12.2 Å². The van der Waals surface area contributed by atoms with Crippen molar-refractivity contribution in [2.24, 2.45) is 16.8 Å². The summed E-state index contributed by atoms with van der Waals surface area (Å²) < 4.78 is 6.14. The number of nitrogens with one attached hydrogen (secondary N) is 1. The third-order valence-corrected chi connectivity index (χ3v) is 8.70. The highest BCUT2D eigenvalue weighted by atomic mass is 127. The predicted octanol–water partition coefficient (Wildman–Crippen LogP) is 2.65. The van der Waals surface area contributed by atoms with Gasteiger partial charge in [0.2, 0.25) is 0 Å². The minimum absolute atomic E-state index is 0. The normalized spacial score (nSPS) is 38.1. The lowest BCUT2D eigenvalue weighted by atomic mass is 9.82. The molecule has 0 aromatic heterocycles. The van der Waals surface area contributed by atoms with Gasteiger partial charge in [0.25, 0.3) is 0 Å². The van der Waals surface area contributed by atoms with Gasteiger partial charge in [-0.05, 0) is 25.7 Å². The number of fused-ring (bicyclic) bond motifs is 5. The van der Waals surface area contributed by atoms with Gasteiger partial charge in [0, 0.05) is 68.7 Å². The summed E-state index contributed by atoms with van der Waals surface area (Å²) in [6.07, 6.45) is 9.09. The molecule has 5 rings (SSSR count). The van der Waals surface area contributed by atoms with Crippen LogP contribution in [0.2, 0.25) is 0 Å². The SMILES string of the molecule is CN=C(NCC1(N2CCSCC2)CCCC1)N1CC2C3CCC(O3)C2C1.I. The van der Waals surface area contributed by atoms with Crippen LogP contribution in [0.15, 0.2) is 4.99 Å². The second-order valence-corrected chi connectivity index (χ2v) is 10.2. The largest absolute Gasteiger partial charge is 0.374 e. The monoisotopic (exact) mass is 506 g/mol. The number of likely N-dealkylation sites (tertiary alicyclic amines) is 1. The van der Waals surface area contributed by atoms with E-state index in [1.54, 1.807) is 0 Å². The Labute approximate surface area is 185 Å². The second kappa shape index (κ2) is 8.56. The summed E-state index contributed by atoms with van der Waals surface area (Å²) in [5.41, 5.74) is 0.370. The fraction of sp³-hybridized carbons (Fsp3) is 0.950. The van der Waals surface area contributed by atoms with Crippen LogP contribution in [0.4, 0.5) is 0 Å². The lowest BCUT2D eigenvalue weighted by molar-refractivity contribution is 0.0762. The highest BCUT2D eigenvalue weighted by Gasteiger charge is 2.53. The van der Waals surface area contributed by atoms with E-state index < -0.39 is 0 Å². The number of aliphatic imine (C=N–C) groups is 1. The molecule has 7 heteroatoms. The number of nitrogens with zero attached hydrogens (tertiary/aromatic N) is 3. The molecule has 1 saturated carbocycles. The molecule has 2 bridgehead atoms. The molecule has 4 atom stereocenters. The Morgan fingerprint density at radius 3 is 2.33 bits per heavy atom. The molecule has 5 nitrogen and oxygen atoms in total. The molecule has 27 heavy (non-hydrogen) atoms. The van der Waals surface area contributed by atoms with E-state index in [2.05, 4.69) is 31.9 Å². The minimum atomic E-state index is 0. The Hall–Kier alpha value is 0.270. The highest BCUT2D eigenvalue weighted by molar-refractivity contribution is 14.0. The van der Waals surface area contributed by atoms with Crippen LogP contribution in [-0.4, -0.2) is 84.8 Å². The van der Waals surface area contributed by atoms with Gasteiger partial charge in [-0.1, -0.05) is 12.8 Å². The van der Waals surface area contributed by atoms with E-state index in [9.17, 15) is 0 Å². The first kappa shape index (κ1) is 20.5. The minimum Gasteiger partial charge on any atom is -0.374 e. The molecule has 154 valence electrons. The standard InChI is InChI=1S/C20H34N4OS.HI/c1-21-19(23-12-15-16(13-23)18-5-4-17(15)25-18)22-14-20(6-2-3-7-20)24-8-10-26-11-9-24;/h15-18H,2-14H2,1H3,(H,21,22);1H. The van der Waals surface area contributed by atoms with E-state index in [4.69, 9.17) is 4.74 Å². The van der Waals surface area contributed by atoms with Crippen LogP contribution in [0.1, 0.15) is 38.5 Å². The van der Waals surface area contributed by atoms with Gasteiger partial charge in [-0.15, -0.1) is 24.0 Å². The molecule has 0 aromatic carbocycles. The average molecular weight is 506 g/mol. The number of hydrogen-bond donors (Lipinski definition) is 1. The van der Waals surface area contributed by atoms with Gasteiger partial charge < -0.3 is 15.0 Å². The molecular weight excluding hydrogens is 471 g/mol. The third kappa shape index (κ3) is 3.75. The number of halogens is 1. The molecule has 0 spiro atoms. The van der Waals surface area contributed by atoms with Crippen molar-refractivity contribution in [3.63, 3.8) is 0 Å². The number of hydrogen-bond acceptors (Lipinski definition) is 4. The molecule has 0 amide bonds. The molecule has 1 N–H and O–H groups in total. The first-order valence-electron chi connectivity index (χ1n) is 10.7. The Morgan fingerprint density at radius 2 is 1.74 bits per heavy atom. The average Bonchev–Trinajstić information content (AvgIpc) is 3.45. The highest BCUT2D eigenvalue weighted by Crippen LogP contribution is 2.47. The number of rotatable bonds is 3. The van der Waals surface area contributed by atoms with Crippen LogP contribution in [0.25, 0.3) is 0 Å². The van der Waals surface area contributed by atoms with Crippen molar-refractivity contribution in [2.75, 3.05) is 51.3 Å². The summed E-state index contributed by atoms with van der Waals surface area (Å²) in [5.74, 6) is 5.22. The van der Waals surface area contributed by atoms with Crippen molar-refractivity contribution < 1.29 is 4.74 Å². The zero-order valence-corrected chi connectivity index (χ0v) is 19.7. The van der Waals surface area contributed by atoms with E-state index in [0.29, 0.717) is 17.7 Å². The Morgan fingerprint density at radius 1 is 1.11 bits per heavy atom. The maximum Gasteiger partial charge on any atom is 0.193 e. The van der Waals surface area contributed by atoms with Crippen molar-refractivity contribution in [3.05, 3.63) is 0 Å². The summed E-state index contributed by atoms with van der Waals surface area (Å²) >= 11 is 2.12. The van der Waals surface area contributed by atoms with E-state index in [0.717, 1.165) is 37.4 Å². The maximum absolute atomic E-state index is 6.14. The molecule has 4 heterocycles. The Kier molecular flexibility index (Phi) is 6.51. The maximum atomic E-state index is 6.14. The van der Waals surface area contributed by atoms with E-state index in [1.807, 2.05) is 7.05 Å². The van der Waals surface area contributed by atoms with E-state index in [1.165, 1.54) is 63.1 Å². The fourth-order valence-corrected chi connectivity index (χ4v) is 7.29. The van der Waals surface area contributed by atoms with Gasteiger partial charge in [-0.3, -0.25) is 9.89 Å². The summed E-state index contributed by atoms with van der Waals surface area (Å²) in [6.45, 7) is 5.87. The van der Waals surface area contributed by atoms with Crippen molar-refractivity contribution in [1.29, 1.82) is 0 Å². The lowest BCUT2D eigenvalue weighted by Gasteiger charge is -2.44. The van der Waals surface area contributed by atoms with E-state index in [-0.39, 0.29) is 24.0 Å². The topological polar surface area (TPSA) is 40.1 Å². The van der Waals surface area contributed by atoms with Crippen molar-refractivity contribution in [1.82, 2.24) is 15.1 Å².